The quantitative estimate of drug-likeness (QED) is 0.797. The largest absolute Gasteiger partial charge is 0.481 e. The molecule has 7 heteroatoms. The lowest BCUT2D eigenvalue weighted by molar-refractivity contribution is -0.142. The van der Waals surface area contributed by atoms with Gasteiger partial charge in [-0.3, -0.25) is 4.79 Å². The van der Waals surface area contributed by atoms with Gasteiger partial charge < -0.3 is 15.2 Å². The van der Waals surface area contributed by atoms with E-state index in [-0.39, 0.29) is 31.0 Å². The number of carbonyl (C=O) groups is 1. The third-order valence-electron chi connectivity index (χ3n) is 2.49. The van der Waals surface area contributed by atoms with Crippen LogP contribution in [0.2, 0.25) is 0 Å². The van der Waals surface area contributed by atoms with Crippen molar-refractivity contribution >= 4 is 5.97 Å². The maximum absolute atomic E-state index is 13.0. The number of nitrogens with two attached hydrogens (primary N) is 1. The van der Waals surface area contributed by atoms with Crippen LogP contribution in [0.15, 0.2) is 6.07 Å². The van der Waals surface area contributed by atoms with E-state index < -0.39 is 18.1 Å². The number of hydrogen-bond acceptors (Lipinski definition) is 5. The van der Waals surface area contributed by atoms with Gasteiger partial charge in [-0.1, -0.05) is 0 Å². The summed E-state index contributed by atoms with van der Waals surface area (Å²) in [5, 5.41) is 0. The van der Waals surface area contributed by atoms with Gasteiger partial charge in [0.25, 0.3) is 6.43 Å². The Labute approximate surface area is 109 Å². The van der Waals surface area contributed by atoms with Crippen molar-refractivity contribution in [2.45, 2.75) is 26.3 Å². The molecule has 5 nitrogen and oxygen atoms in total. The molecule has 0 amide bonds. The van der Waals surface area contributed by atoms with Gasteiger partial charge in [0, 0.05) is 12.6 Å². The summed E-state index contributed by atoms with van der Waals surface area (Å²) in [5.41, 5.74) is 5.53. The Hall–Kier alpha value is -1.76. The number of methoxy groups -OCH3 is 1. The summed E-state index contributed by atoms with van der Waals surface area (Å²) in [6.07, 6.45) is -3.10. The predicted molar refractivity (Wildman–Crippen MR) is 64.0 cm³/mol. The second kappa shape index (κ2) is 6.98. The molecule has 1 rings (SSSR count). The lowest BCUT2D eigenvalue weighted by Crippen LogP contribution is -2.15. The van der Waals surface area contributed by atoms with Crippen molar-refractivity contribution in [3.63, 3.8) is 0 Å². The number of alkyl halides is 2. The zero-order valence-electron chi connectivity index (χ0n) is 10.8. The molecule has 106 valence electrons. The minimum absolute atomic E-state index is 0.00728. The van der Waals surface area contributed by atoms with Crippen LogP contribution in [0, 0.1) is 0 Å². The maximum Gasteiger partial charge on any atom is 0.310 e. The number of nitrogens with zero attached hydrogens (tertiary/aromatic N) is 1. The van der Waals surface area contributed by atoms with Gasteiger partial charge in [0.1, 0.15) is 5.69 Å². The molecule has 0 atom stereocenters. The second-order valence-corrected chi connectivity index (χ2v) is 3.67. The summed E-state index contributed by atoms with van der Waals surface area (Å²) >= 11 is 0. The molecule has 1 heterocycles. The molecule has 1 aromatic heterocycles. The smallest absolute Gasteiger partial charge is 0.310 e. The number of pyridine rings is 1. The fraction of sp³-hybridized carbons (Fsp3) is 0.500. The molecule has 0 aromatic carbocycles. The molecule has 0 aliphatic rings. The van der Waals surface area contributed by atoms with Gasteiger partial charge in [-0.05, 0) is 18.1 Å². The number of hydrogen-bond donors (Lipinski definition) is 1. The minimum Gasteiger partial charge on any atom is -0.481 e. The summed E-state index contributed by atoms with van der Waals surface area (Å²) in [5.74, 6) is -0.547. The highest BCUT2D eigenvalue weighted by atomic mass is 19.3. The number of aromatic nitrogens is 1. The first-order valence-corrected chi connectivity index (χ1v) is 5.73. The number of halogens is 2. The van der Waals surface area contributed by atoms with Crippen molar-refractivity contribution in [2.24, 2.45) is 5.73 Å². The number of rotatable bonds is 6. The fourth-order valence-corrected chi connectivity index (χ4v) is 1.65. The van der Waals surface area contributed by atoms with Gasteiger partial charge in [0.15, 0.2) is 0 Å². The van der Waals surface area contributed by atoms with Crippen molar-refractivity contribution in [2.75, 3.05) is 13.7 Å². The average Bonchev–Trinajstić information content (AvgIpc) is 2.38. The van der Waals surface area contributed by atoms with Gasteiger partial charge in [0.2, 0.25) is 5.88 Å². The third kappa shape index (κ3) is 3.85. The van der Waals surface area contributed by atoms with Crippen molar-refractivity contribution in [1.29, 1.82) is 0 Å². The molecule has 0 aliphatic carbocycles. The van der Waals surface area contributed by atoms with E-state index in [2.05, 4.69) is 4.98 Å². The first-order chi connectivity index (χ1) is 9.03. The average molecular weight is 274 g/mol. The molecule has 19 heavy (non-hydrogen) atoms. The molecule has 0 saturated carbocycles. The molecule has 0 radical (unpaired) electrons. The van der Waals surface area contributed by atoms with E-state index in [1.807, 2.05) is 0 Å². The van der Waals surface area contributed by atoms with Crippen molar-refractivity contribution in [3.8, 4) is 5.88 Å². The first-order valence-electron chi connectivity index (χ1n) is 5.73. The Kier molecular flexibility index (Phi) is 5.62. The van der Waals surface area contributed by atoms with Crippen LogP contribution < -0.4 is 10.5 Å². The molecule has 0 unspecified atom stereocenters. The Morgan fingerprint density at radius 2 is 2.21 bits per heavy atom. The zero-order valence-corrected chi connectivity index (χ0v) is 10.8. The summed E-state index contributed by atoms with van der Waals surface area (Å²) < 4.78 is 35.6. The van der Waals surface area contributed by atoms with Crippen molar-refractivity contribution in [3.05, 3.63) is 22.9 Å². The molecule has 2 N–H and O–H groups in total. The molecule has 1 aromatic rings. The monoisotopic (exact) mass is 274 g/mol. The summed E-state index contributed by atoms with van der Waals surface area (Å²) in [6, 6.07) is 1.44. The van der Waals surface area contributed by atoms with Gasteiger partial charge in [-0.25, -0.2) is 13.8 Å². The van der Waals surface area contributed by atoms with Crippen LogP contribution in [-0.2, 0) is 22.5 Å². The van der Waals surface area contributed by atoms with E-state index >= 15 is 0 Å². The SMILES string of the molecule is CCOC(=O)Cc1c(CN)cc(OC)nc1C(F)F. The van der Waals surface area contributed by atoms with E-state index in [9.17, 15) is 13.6 Å². The zero-order chi connectivity index (χ0) is 14.4. The Balaban J connectivity index is 3.21. The van der Waals surface area contributed by atoms with Crippen molar-refractivity contribution < 1.29 is 23.0 Å². The lowest BCUT2D eigenvalue weighted by atomic mass is 10.0. The minimum atomic E-state index is -2.81. The van der Waals surface area contributed by atoms with Crippen LogP contribution in [-0.4, -0.2) is 24.7 Å². The maximum atomic E-state index is 13.0. The predicted octanol–water partition coefficient (Wildman–Crippen LogP) is 1.59. The van der Waals surface area contributed by atoms with Crippen molar-refractivity contribution in [1.82, 2.24) is 4.98 Å². The van der Waals surface area contributed by atoms with Gasteiger partial charge in [-0.15, -0.1) is 0 Å². The van der Waals surface area contributed by atoms with E-state index in [1.165, 1.54) is 13.2 Å². The van der Waals surface area contributed by atoms with E-state index in [0.29, 0.717) is 5.56 Å². The normalized spacial score (nSPS) is 10.6. The Bertz CT molecular complexity index is 453. The molecule has 0 saturated heterocycles. The van der Waals surface area contributed by atoms with E-state index in [4.69, 9.17) is 15.2 Å². The Morgan fingerprint density at radius 3 is 2.68 bits per heavy atom. The topological polar surface area (TPSA) is 74.4 Å². The van der Waals surface area contributed by atoms with Gasteiger partial charge in [-0.2, -0.15) is 0 Å². The number of carbonyl (C=O) groups excluding carboxylic acids is 1. The molecular formula is C12H16F2N2O3. The van der Waals surface area contributed by atoms with Crippen LogP contribution in [0.5, 0.6) is 5.88 Å². The summed E-state index contributed by atoms with van der Waals surface area (Å²) in [7, 11) is 1.32. The molecule has 0 bridgehead atoms. The summed E-state index contributed by atoms with van der Waals surface area (Å²) in [4.78, 5) is 15.1. The second-order valence-electron chi connectivity index (χ2n) is 3.67. The van der Waals surface area contributed by atoms with Crippen LogP contribution in [0.3, 0.4) is 0 Å². The van der Waals surface area contributed by atoms with Crippen LogP contribution in [0.1, 0.15) is 30.2 Å². The molecule has 0 fully saturated rings. The standard InChI is InChI=1S/C12H16F2N2O3/c1-3-19-10(17)5-8-7(6-15)4-9(18-2)16-11(8)12(13)14/h4,12H,3,5-6,15H2,1-2H3. The molecular weight excluding hydrogens is 258 g/mol. The van der Waals surface area contributed by atoms with Crippen LogP contribution in [0.25, 0.3) is 0 Å². The van der Waals surface area contributed by atoms with Gasteiger partial charge >= 0.3 is 5.97 Å². The number of ether oxygens (including phenoxy) is 2. The molecule has 0 spiro atoms. The Morgan fingerprint density at radius 1 is 1.53 bits per heavy atom. The van der Waals surface area contributed by atoms with Gasteiger partial charge in [0.05, 0.1) is 20.1 Å². The van der Waals surface area contributed by atoms with E-state index in [0.717, 1.165) is 0 Å². The fourth-order valence-electron chi connectivity index (χ4n) is 1.65. The number of esters is 1. The highest BCUT2D eigenvalue weighted by Gasteiger charge is 2.22. The van der Waals surface area contributed by atoms with Crippen LogP contribution >= 0.6 is 0 Å². The lowest BCUT2D eigenvalue weighted by Gasteiger charge is -2.14. The first kappa shape index (κ1) is 15.3. The highest BCUT2D eigenvalue weighted by Crippen LogP contribution is 2.27. The highest BCUT2D eigenvalue weighted by molar-refractivity contribution is 5.73. The van der Waals surface area contributed by atoms with E-state index in [1.54, 1.807) is 6.92 Å². The molecule has 0 aliphatic heterocycles. The summed E-state index contributed by atoms with van der Waals surface area (Å²) in [6.45, 7) is 1.83. The van der Waals surface area contributed by atoms with Crippen LogP contribution in [0.4, 0.5) is 8.78 Å². The third-order valence-corrected chi connectivity index (χ3v) is 2.49.